The maximum Gasteiger partial charge on any atom is 0.124 e. The van der Waals surface area contributed by atoms with Gasteiger partial charge in [0, 0.05) is 12.1 Å². The fourth-order valence-corrected chi connectivity index (χ4v) is 1.31. The average Bonchev–Trinajstić information content (AvgIpc) is 2.40. The molecule has 0 radical (unpaired) electrons. The summed E-state index contributed by atoms with van der Waals surface area (Å²) in [5, 5.41) is 0. The van der Waals surface area contributed by atoms with Crippen LogP contribution in [0.15, 0.2) is 5.57 Å². The van der Waals surface area contributed by atoms with Crippen LogP contribution in [0.1, 0.15) is 19.8 Å². The second-order valence-electron chi connectivity index (χ2n) is 2.87. The van der Waals surface area contributed by atoms with Crippen LogP contribution in [0.25, 0.3) is 0 Å². The number of rotatable bonds is 2. The van der Waals surface area contributed by atoms with Crippen molar-refractivity contribution in [3.05, 3.63) is 5.57 Å². The highest BCUT2D eigenvalue weighted by Crippen LogP contribution is 2.07. The quantitative estimate of drug-likeness (QED) is 0.529. The molecule has 1 saturated heterocycles. The Morgan fingerprint density at radius 1 is 1.50 bits per heavy atom. The van der Waals surface area contributed by atoms with Crippen molar-refractivity contribution in [1.29, 1.82) is 0 Å². The van der Waals surface area contributed by atoms with Gasteiger partial charge in [0.25, 0.3) is 0 Å². The topological polar surface area (TPSA) is 20.3 Å². The summed E-state index contributed by atoms with van der Waals surface area (Å²) in [5.74, 6) is 1.92. The van der Waals surface area contributed by atoms with Gasteiger partial charge in [0.2, 0.25) is 0 Å². The Balaban J connectivity index is 2.30. The van der Waals surface area contributed by atoms with Gasteiger partial charge in [-0.05, 0) is 32.9 Å². The van der Waals surface area contributed by atoms with Crippen molar-refractivity contribution in [1.82, 2.24) is 4.90 Å². The van der Waals surface area contributed by atoms with E-state index in [2.05, 4.69) is 4.90 Å². The molecule has 0 spiro atoms. The number of likely N-dealkylation sites (tertiary alicyclic amines) is 1. The molecule has 1 fully saturated rings. The Kier molecular flexibility index (Phi) is 2.67. The highest BCUT2D eigenvalue weighted by Gasteiger charge is 2.10. The van der Waals surface area contributed by atoms with E-state index >= 15 is 0 Å². The first-order chi connectivity index (χ1) is 4.83. The molecule has 0 bridgehead atoms. The number of nitrogens with zero attached hydrogens (tertiary/aromatic N) is 1. The minimum absolute atomic E-state index is 0.821. The smallest absolute Gasteiger partial charge is 0.124 e. The van der Waals surface area contributed by atoms with E-state index in [1.54, 1.807) is 0 Å². The van der Waals surface area contributed by atoms with Crippen molar-refractivity contribution in [3.8, 4) is 0 Å². The second kappa shape index (κ2) is 3.55. The summed E-state index contributed by atoms with van der Waals surface area (Å²) in [7, 11) is 0. The Labute approximate surface area is 61.5 Å². The lowest BCUT2D eigenvalue weighted by Gasteiger charge is -2.11. The van der Waals surface area contributed by atoms with Gasteiger partial charge in [-0.3, -0.25) is 4.90 Å². The van der Waals surface area contributed by atoms with E-state index in [4.69, 9.17) is 0 Å². The molecule has 1 aliphatic rings. The predicted molar refractivity (Wildman–Crippen MR) is 40.6 cm³/mol. The highest BCUT2D eigenvalue weighted by molar-refractivity contribution is 5.51. The third kappa shape index (κ3) is 1.98. The summed E-state index contributed by atoms with van der Waals surface area (Å²) in [4.78, 5) is 12.4. The van der Waals surface area contributed by atoms with E-state index in [1.165, 1.54) is 12.8 Å². The Morgan fingerprint density at radius 3 is 2.60 bits per heavy atom. The van der Waals surface area contributed by atoms with Crippen LogP contribution >= 0.6 is 0 Å². The summed E-state index contributed by atoms with van der Waals surface area (Å²) in [5.41, 5.74) is 0.821. The number of carbonyl (C=O) groups excluding carboxylic acids is 1. The fraction of sp³-hybridized carbons (Fsp3) is 0.750. The fourth-order valence-electron chi connectivity index (χ4n) is 1.31. The van der Waals surface area contributed by atoms with E-state index in [0.29, 0.717) is 0 Å². The standard InChI is InChI=1S/C8H13NO/c1-8(7-10)6-9-4-2-3-5-9/h2-6H2,1H3. The molecule has 0 aromatic rings. The highest BCUT2D eigenvalue weighted by atomic mass is 16.1. The van der Waals surface area contributed by atoms with Crippen LogP contribution in [0.3, 0.4) is 0 Å². The van der Waals surface area contributed by atoms with Crippen molar-refractivity contribution in [2.24, 2.45) is 0 Å². The molecule has 0 aliphatic carbocycles. The van der Waals surface area contributed by atoms with Gasteiger partial charge in [0.1, 0.15) is 5.94 Å². The molecule has 0 N–H and O–H groups in total. The molecule has 0 unspecified atom stereocenters. The van der Waals surface area contributed by atoms with E-state index in [0.717, 1.165) is 25.2 Å². The molecule has 2 nitrogen and oxygen atoms in total. The SMILES string of the molecule is CC(=C=O)CN1CCCC1. The van der Waals surface area contributed by atoms with E-state index in [1.807, 2.05) is 12.9 Å². The van der Waals surface area contributed by atoms with Crippen LogP contribution in [0.5, 0.6) is 0 Å². The monoisotopic (exact) mass is 139 g/mol. The lowest BCUT2D eigenvalue weighted by molar-refractivity contribution is 0.369. The summed E-state index contributed by atoms with van der Waals surface area (Å²) >= 11 is 0. The molecule has 0 aromatic carbocycles. The van der Waals surface area contributed by atoms with Crippen LogP contribution in [-0.2, 0) is 4.79 Å². The van der Waals surface area contributed by atoms with Crippen LogP contribution in [0.4, 0.5) is 0 Å². The maximum absolute atomic E-state index is 10.1. The van der Waals surface area contributed by atoms with Crippen LogP contribution in [-0.4, -0.2) is 30.5 Å². The molecule has 0 atom stereocenters. The third-order valence-electron chi connectivity index (χ3n) is 1.83. The summed E-state index contributed by atoms with van der Waals surface area (Å²) in [6, 6.07) is 0. The van der Waals surface area contributed by atoms with Gasteiger partial charge in [-0.2, -0.15) is 0 Å². The Bertz CT molecular complexity index is 153. The van der Waals surface area contributed by atoms with Crippen molar-refractivity contribution in [2.75, 3.05) is 19.6 Å². The zero-order chi connectivity index (χ0) is 7.40. The lowest BCUT2D eigenvalue weighted by atomic mass is 10.3. The molecule has 1 aliphatic heterocycles. The van der Waals surface area contributed by atoms with Gasteiger partial charge in [0.05, 0.1) is 0 Å². The normalized spacial score (nSPS) is 18.9. The molecule has 1 rings (SSSR count). The van der Waals surface area contributed by atoms with Gasteiger partial charge in [-0.15, -0.1) is 0 Å². The second-order valence-corrected chi connectivity index (χ2v) is 2.87. The van der Waals surface area contributed by atoms with Crippen molar-refractivity contribution in [2.45, 2.75) is 19.8 Å². The maximum atomic E-state index is 10.1. The zero-order valence-electron chi connectivity index (χ0n) is 6.39. The lowest BCUT2D eigenvalue weighted by Crippen LogP contribution is -2.21. The number of hydrogen-bond donors (Lipinski definition) is 0. The molecule has 56 valence electrons. The molecular weight excluding hydrogens is 126 g/mol. The van der Waals surface area contributed by atoms with E-state index in [-0.39, 0.29) is 0 Å². The molecule has 1 heterocycles. The molecule has 10 heavy (non-hydrogen) atoms. The first-order valence-electron chi connectivity index (χ1n) is 3.76. The van der Waals surface area contributed by atoms with Gasteiger partial charge >= 0.3 is 0 Å². The van der Waals surface area contributed by atoms with Crippen LogP contribution < -0.4 is 0 Å². The molecule has 0 aromatic heterocycles. The van der Waals surface area contributed by atoms with Crippen molar-refractivity contribution < 1.29 is 4.79 Å². The minimum Gasteiger partial charge on any atom is -0.299 e. The van der Waals surface area contributed by atoms with Gasteiger partial charge in [-0.1, -0.05) is 0 Å². The summed E-state index contributed by atoms with van der Waals surface area (Å²) in [6.45, 7) is 4.97. The minimum atomic E-state index is 0.821. The summed E-state index contributed by atoms with van der Waals surface area (Å²) < 4.78 is 0. The molecular formula is C8H13NO. The molecule has 2 heteroatoms. The van der Waals surface area contributed by atoms with Crippen molar-refractivity contribution in [3.63, 3.8) is 0 Å². The van der Waals surface area contributed by atoms with Crippen molar-refractivity contribution >= 4 is 5.94 Å². The summed E-state index contributed by atoms with van der Waals surface area (Å²) in [6.07, 6.45) is 2.57. The third-order valence-corrected chi connectivity index (χ3v) is 1.83. The van der Waals surface area contributed by atoms with Gasteiger partial charge in [-0.25, -0.2) is 4.79 Å². The van der Waals surface area contributed by atoms with Crippen LogP contribution in [0.2, 0.25) is 0 Å². The Hall–Kier alpha value is -0.590. The first-order valence-corrected chi connectivity index (χ1v) is 3.76. The molecule has 0 amide bonds. The van der Waals surface area contributed by atoms with Gasteiger partial charge in [0.15, 0.2) is 0 Å². The Morgan fingerprint density at radius 2 is 2.10 bits per heavy atom. The average molecular weight is 139 g/mol. The van der Waals surface area contributed by atoms with E-state index < -0.39 is 0 Å². The predicted octanol–water partition coefficient (Wildman–Crippen LogP) is 0.860. The number of hydrogen-bond acceptors (Lipinski definition) is 2. The largest absolute Gasteiger partial charge is 0.299 e. The zero-order valence-corrected chi connectivity index (χ0v) is 6.39. The molecule has 0 saturated carbocycles. The van der Waals surface area contributed by atoms with Gasteiger partial charge < -0.3 is 0 Å². The van der Waals surface area contributed by atoms with E-state index in [9.17, 15) is 4.79 Å². The van der Waals surface area contributed by atoms with Crippen LogP contribution in [0, 0.1) is 0 Å². The first kappa shape index (κ1) is 7.52.